The van der Waals surface area contributed by atoms with Gasteiger partial charge in [0.25, 0.3) is 11.6 Å². The molecule has 1 amide bonds. The third-order valence-corrected chi connectivity index (χ3v) is 3.84. The highest BCUT2D eigenvalue weighted by Crippen LogP contribution is 2.25. The lowest BCUT2D eigenvalue weighted by atomic mass is 10.0. The molecule has 2 aromatic rings. The SMILES string of the molecule is Cc1cccc(C(=O)N[C@@H](CC(=O)O)c2cccc(Cl)c2)c1[N+](=O)[O-]. The molecule has 25 heavy (non-hydrogen) atoms. The van der Waals surface area contributed by atoms with Gasteiger partial charge in [0.05, 0.1) is 17.4 Å². The van der Waals surface area contributed by atoms with E-state index in [4.69, 9.17) is 16.7 Å². The summed E-state index contributed by atoms with van der Waals surface area (Å²) in [6.07, 6.45) is -0.383. The average Bonchev–Trinajstić information content (AvgIpc) is 2.53. The molecule has 2 N–H and O–H groups in total. The molecule has 0 aliphatic rings. The van der Waals surface area contributed by atoms with E-state index in [9.17, 15) is 19.7 Å². The smallest absolute Gasteiger partial charge is 0.305 e. The number of nitro benzene ring substituents is 1. The van der Waals surface area contributed by atoms with Crippen LogP contribution in [0.15, 0.2) is 42.5 Å². The lowest BCUT2D eigenvalue weighted by Gasteiger charge is -2.18. The number of carbonyl (C=O) groups excluding carboxylic acids is 1. The Kier molecular flexibility index (Phi) is 5.71. The highest BCUT2D eigenvalue weighted by Gasteiger charge is 2.25. The van der Waals surface area contributed by atoms with Crippen LogP contribution in [-0.2, 0) is 4.79 Å². The van der Waals surface area contributed by atoms with E-state index in [-0.39, 0.29) is 17.7 Å². The minimum absolute atomic E-state index is 0.123. The summed E-state index contributed by atoms with van der Waals surface area (Å²) in [6, 6.07) is 9.94. The van der Waals surface area contributed by atoms with Crippen LogP contribution in [0.3, 0.4) is 0 Å². The molecule has 2 rings (SSSR count). The zero-order chi connectivity index (χ0) is 18.6. The average molecular weight is 363 g/mol. The van der Waals surface area contributed by atoms with Crippen molar-refractivity contribution in [2.45, 2.75) is 19.4 Å². The number of aliphatic carboxylic acids is 1. The molecule has 0 fully saturated rings. The van der Waals surface area contributed by atoms with E-state index in [1.54, 1.807) is 24.3 Å². The molecular weight excluding hydrogens is 348 g/mol. The van der Waals surface area contributed by atoms with Crippen LogP contribution >= 0.6 is 11.6 Å². The fourth-order valence-electron chi connectivity index (χ4n) is 2.47. The number of amides is 1. The largest absolute Gasteiger partial charge is 0.481 e. The number of hydrogen-bond donors (Lipinski definition) is 2. The van der Waals surface area contributed by atoms with Crippen molar-refractivity contribution in [2.24, 2.45) is 0 Å². The number of para-hydroxylation sites is 1. The van der Waals surface area contributed by atoms with E-state index in [1.165, 1.54) is 25.1 Å². The quantitative estimate of drug-likeness (QED) is 0.603. The monoisotopic (exact) mass is 362 g/mol. The zero-order valence-electron chi connectivity index (χ0n) is 13.2. The van der Waals surface area contributed by atoms with Crippen LogP contribution in [0.2, 0.25) is 5.02 Å². The highest BCUT2D eigenvalue weighted by atomic mass is 35.5. The second-order valence-electron chi connectivity index (χ2n) is 5.41. The van der Waals surface area contributed by atoms with Gasteiger partial charge in [0, 0.05) is 10.6 Å². The maximum absolute atomic E-state index is 12.5. The first-order chi connectivity index (χ1) is 11.8. The van der Waals surface area contributed by atoms with Crippen molar-refractivity contribution < 1.29 is 19.6 Å². The first-order valence-electron chi connectivity index (χ1n) is 7.31. The third kappa shape index (κ3) is 4.54. The van der Waals surface area contributed by atoms with Crippen molar-refractivity contribution in [1.82, 2.24) is 5.32 Å². The Labute approximate surface area is 148 Å². The number of hydrogen-bond acceptors (Lipinski definition) is 4. The molecular formula is C17H15ClN2O5. The van der Waals surface area contributed by atoms with Crippen LogP contribution in [0, 0.1) is 17.0 Å². The number of aryl methyl sites for hydroxylation is 1. The minimum atomic E-state index is -1.12. The van der Waals surface area contributed by atoms with Crippen LogP contribution in [0.4, 0.5) is 5.69 Å². The van der Waals surface area contributed by atoms with E-state index >= 15 is 0 Å². The van der Waals surface area contributed by atoms with Gasteiger partial charge in [-0.25, -0.2) is 0 Å². The summed E-state index contributed by atoms with van der Waals surface area (Å²) in [5, 5.41) is 23.3. The Hall–Kier alpha value is -2.93. The number of nitro groups is 1. The molecule has 0 radical (unpaired) electrons. The highest BCUT2D eigenvalue weighted by molar-refractivity contribution is 6.30. The summed E-state index contributed by atoms with van der Waals surface area (Å²) < 4.78 is 0. The standard InChI is InChI=1S/C17H15ClN2O5/c1-10-4-2-7-13(16(10)20(24)25)17(23)19-14(9-15(21)22)11-5-3-6-12(18)8-11/h2-8,14H,9H2,1H3,(H,19,23)(H,21,22)/t14-/m0/s1. The first kappa shape index (κ1) is 18.4. The second-order valence-corrected chi connectivity index (χ2v) is 5.84. The van der Waals surface area contributed by atoms with Crippen LogP contribution in [0.1, 0.15) is 33.9 Å². The summed E-state index contributed by atoms with van der Waals surface area (Å²) in [5.74, 6) is -1.84. The van der Waals surface area contributed by atoms with Gasteiger partial charge in [-0.15, -0.1) is 0 Å². The molecule has 2 aromatic carbocycles. The van der Waals surface area contributed by atoms with Crippen molar-refractivity contribution in [3.8, 4) is 0 Å². The molecule has 0 saturated heterocycles. The predicted molar refractivity (Wildman–Crippen MR) is 91.7 cm³/mol. The number of halogens is 1. The molecule has 0 heterocycles. The number of rotatable bonds is 6. The summed E-state index contributed by atoms with van der Waals surface area (Å²) >= 11 is 5.92. The second kappa shape index (κ2) is 7.76. The zero-order valence-corrected chi connectivity index (χ0v) is 14.0. The molecule has 0 aliphatic heterocycles. The van der Waals surface area contributed by atoms with Crippen molar-refractivity contribution in [2.75, 3.05) is 0 Å². The third-order valence-electron chi connectivity index (χ3n) is 3.60. The van der Waals surface area contributed by atoms with Crippen LogP contribution in [0.5, 0.6) is 0 Å². The maximum atomic E-state index is 12.5. The van der Waals surface area contributed by atoms with Gasteiger partial charge in [-0.3, -0.25) is 19.7 Å². The Morgan fingerprint density at radius 3 is 2.56 bits per heavy atom. The molecule has 0 spiro atoms. The van der Waals surface area contributed by atoms with Gasteiger partial charge in [-0.1, -0.05) is 35.9 Å². The topological polar surface area (TPSA) is 110 Å². The van der Waals surface area contributed by atoms with Gasteiger partial charge in [0.1, 0.15) is 5.56 Å². The van der Waals surface area contributed by atoms with Crippen LogP contribution < -0.4 is 5.32 Å². The van der Waals surface area contributed by atoms with Gasteiger partial charge >= 0.3 is 5.97 Å². The number of carboxylic acid groups (broad SMARTS) is 1. The Bertz CT molecular complexity index is 838. The van der Waals surface area contributed by atoms with Gasteiger partial charge in [0.2, 0.25) is 0 Å². The van der Waals surface area contributed by atoms with Crippen molar-refractivity contribution in [3.05, 3.63) is 74.3 Å². The van der Waals surface area contributed by atoms with Crippen LogP contribution in [0.25, 0.3) is 0 Å². The number of nitrogens with one attached hydrogen (secondary N) is 1. The van der Waals surface area contributed by atoms with Crippen LogP contribution in [-0.4, -0.2) is 21.9 Å². The van der Waals surface area contributed by atoms with Gasteiger partial charge in [0.15, 0.2) is 0 Å². The lowest BCUT2D eigenvalue weighted by Crippen LogP contribution is -2.30. The molecule has 0 unspecified atom stereocenters. The normalized spacial score (nSPS) is 11.6. The fraction of sp³-hybridized carbons (Fsp3) is 0.176. The summed E-state index contributed by atoms with van der Waals surface area (Å²) in [7, 11) is 0. The molecule has 0 bridgehead atoms. The Morgan fingerprint density at radius 2 is 1.96 bits per heavy atom. The summed E-state index contributed by atoms with van der Waals surface area (Å²) in [6.45, 7) is 1.53. The molecule has 130 valence electrons. The number of carbonyl (C=O) groups is 2. The van der Waals surface area contributed by atoms with Gasteiger partial charge < -0.3 is 10.4 Å². The van der Waals surface area contributed by atoms with Crippen molar-refractivity contribution in [1.29, 1.82) is 0 Å². The number of nitrogens with zero attached hydrogens (tertiary/aromatic N) is 1. The van der Waals surface area contributed by atoms with Crippen molar-refractivity contribution in [3.63, 3.8) is 0 Å². The lowest BCUT2D eigenvalue weighted by molar-refractivity contribution is -0.385. The van der Waals surface area contributed by atoms with Crippen molar-refractivity contribution >= 4 is 29.2 Å². The number of benzene rings is 2. The predicted octanol–water partition coefficient (Wildman–Crippen LogP) is 3.50. The fourth-order valence-corrected chi connectivity index (χ4v) is 2.67. The molecule has 8 heteroatoms. The molecule has 1 atom stereocenters. The summed E-state index contributed by atoms with van der Waals surface area (Å²) in [4.78, 5) is 34.3. The molecule has 0 saturated carbocycles. The van der Waals surface area contributed by atoms with E-state index in [0.29, 0.717) is 16.1 Å². The Morgan fingerprint density at radius 1 is 1.28 bits per heavy atom. The molecule has 0 aliphatic carbocycles. The maximum Gasteiger partial charge on any atom is 0.305 e. The molecule has 0 aromatic heterocycles. The summed E-state index contributed by atoms with van der Waals surface area (Å²) in [5.41, 5.74) is 0.413. The molecule has 7 nitrogen and oxygen atoms in total. The first-order valence-corrected chi connectivity index (χ1v) is 7.69. The van der Waals surface area contributed by atoms with E-state index in [2.05, 4.69) is 5.32 Å². The number of carboxylic acids is 1. The van der Waals surface area contributed by atoms with Gasteiger partial charge in [-0.2, -0.15) is 0 Å². The van der Waals surface area contributed by atoms with E-state index < -0.39 is 22.8 Å². The minimum Gasteiger partial charge on any atom is -0.481 e. The van der Waals surface area contributed by atoms with Gasteiger partial charge in [-0.05, 0) is 30.7 Å². The van der Waals surface area contributed by atoms with E-state index in [1.807, 2.05) is 0 Å². The van der Waals surface area contributed by atoms with E-state index in [0.717, 1.165) is 0 Å². The Balaban J connectivity index is 2.37.